The number of nitrogens with zero attached hydrogens (tertiary/aromatic N) is 1. The first-order valence-corrected chi connectivity index (χ1v) is 6.39. The number of likely N-dealkylation sites (N-methyl/N-ethyl adjacent to an activating group) is 1. The van der Waals surface area contributed by atoms with E-state index in [-0.39, 0.29) is 11.9 Å². The molecule has 1 amide bonds. The van der Waals surface area contributed by atoms with E-state index in [1.54, 1.807) is 0 Å². The average molecular weight is 228 g/mol. The van der Waals surface area contributed by atoms with Gasteiger partial charge in [-0.15, -0.1) is 0 Å². The number of amides is 1. The van der Waals surface area contributed by atoms with Crippen LogP contribution in [0, 0.1) is 0 Å². The average Bonchev–Trinajstić information content (AvgIpc) is 2.80. The van der Waals surface area contributed by atoms with E-state index >= 15 is 0 Å². The van der Waals surface area contributed by atoms with E-state index in [4.69, 9.17) is 4.84 Å². The monoisotopic (exact) mass is 228 g/mol. The fraction of sp³-hybridized carbons (Fsp3) is 0.917. The highest BCUT2D eigenvalue weighted by Crippen LogP contribution is 2.20. The van der Waals surface area contributed by atoms with Crippen molar-refractivity contribution in [3.8, 4) is 0 Å². The second kappa shape index (κ2) is 6.86. The van der Waals surface area contributed by atoms with Crippen LogP contribution in [0.4, 0.5) is 0 Å². The van der Waals surface area contributed by atoms with Gasteiger partial charge in [0.15, 0.2) is 0 Å². The first-order valence-electron chi connectivity index (χ1n) is 6.39. The van der Waals surface area contributed by atoms with Crippen molar-refractivity contribution in [2.24, 2.45) is 0 Å². The van der Waals surface area contributed by atoms with Crippen molar-refractivity contribution in [2.45, 2.75) is 58.6 Å². The molecular formula is C12H24N2O2. The first-order chi connectivity index (χ1) is 7.69. The Balaban J connectivity index is 2.27. The van der Waals surface area contributed by atoms with Crippen LogP contribution in [-0.2, 0) is 9.63 Å². The van der Waals surface area contributed by atoms with Crippen molar-refractivity contribution < 1.29 is 9.63 Å². The van der Waals surface area contributed by atoms with Crippen LogP contribution in [0.2, 0.25) is 0 Å². The van der Waals surface area contributed by atoms with Crippen molar-refractivity contribution in [1.29, 1.82) is 0 Å². The molecule has 0 aromatic heterocycles. The van der Waals surface area contributed by atoms with Gasteiger partial charge >= 0.3 is 0 Å². The van der Waals surface area contributed by atoms with E-state index in [1.165, 1.54) is 12.8 Å². The molecule has 1 N–H and O–H groups in total. The molecule has 0 heterocycles. The van der Waals surface area contributed by atoms with Crippen molar-refractivity contribution in [3.05, 3.63) is 0 Å². The fourth-order valence-corrected chi connectivity index (χ4v) is 2.06. The van der Waals surface area contributed by atoms with Gasteiger partial charge in [-0.3, -0.25) is 9.63 Å². The smallest absolute Gasteiger partial charge is 0.241 e. The molecule has 0 aliphatic heterocycles. The third-order valence-corrected chi connectivity index (χ3v) is 3.16. The van der Waals surface area contributed by atoms with E-state index in [9.17, 15) is 4.79 Å². The maximum Gasteiger partial charge on any atom is 0.241 e. The molecule has 0 aromatic carbocycles. The molecule has 4 heteroatoms. The SMILES string of the molecule is CCN(CC)C(=O)C(C)NOC1CCCC1. The number of hydrogen-bond donors (Lipinski definition) is 1. The second-order valence-electron chi connectivity index (χ2n) is 4.37. The number of hydroxylamine groups is 1. The highest BCUT2D eigenvalue weighted by atomic mass is 16.7. The molecule has 1 atom stereocenters. The Labute approximate surface area is 98.3 Å². The van der Waals surface area contributed by atoms with Crippen molar-refractivity contribution in [3.63, 3.8) is 0 Å². The summed E-state index contributed by atoms with van der Waals surface area (Å²) < 4.78 is 0. The molecule has 1 unspecified atom stereocenters. The van der Waals surface area contributed by atoms with E-state index in [1.807, 2.05) is 25.7 Å². The minimum atomic E-state index is -0.250. The lowest BCUT2D eigenvalue weighted by Gasteiger charge is -2.24. The van der Waals surface area contributed by atoms with Crippen molar-refractivity contribution in [1.82, 2.24) is 10.4 Å². The maximum absolute atomic E-state index is 11.9. The Morgan fingerprint density at radius 1 is 1.38 bits per heavy atom. The first kappa shape index (κ1) is 13.5. The predicted molar refractivity (Wildman–Crippen MR) is 63.9 cm³/mol. The normalized spacial score (nSPS) is 18.7. The summed E-state index contributed by atoms with van der Waals surface area (Å²) in [4.78, 5) is 19.2. The van der Waals surface area contributed by atoms with Crippen LogP contribution in [0.15, 0.2) is 0 Å². The summed E-state index contributed by atoms with van der Waals surface area (Å²) in [5, 5.41) is 0. The van der Waals surface area contributed by atoms with E-state index < -0.39 is 0 Å². The third kappa shape index (κ3) is 3.76. The van der Waals surface area contributed by atoms with Crippen LogP contribution in [0.1, 0.15) is 46.5 Å². The highest BCUT2D eigenvalue weighted by molar-refractivity contribution is 5.81. The summed E-state index contributed by atoms with van der Waals surface area (Å²) in [5.74, 6) is 0.114. The van der Waals surface area contributed by atoms with Gasteiger partial charge < -0.3 is 4.90 Å². The molecule has 4 nitrogen and oxygen atoms in total. The molecule has 94 valence electrons. The van der Waals surface area contributed by atoms with Gasteiger partial charge in [-0.2, -0.15) is 5.48 Å². The van der Waals surface area contributed by atoms with Crippen molar-refractivity contribution in [2.75, 3.05) is 13.1 Å². The van der Waals surface area contributed by atoms with E-state index in [2.05, 4.69) is 5.48 Å². The predicted octanol–water partition coefficient (Wildman–Crippen LogP) is 1.71. The molecule has 0 aromatic rings. The Bertz CT molecular complexity index is 211. The van der Waals surface area contributed by atoms with Gasteiger partial charge in [0.1, 0.15) is 6.04 Å². The third-order valence-electron chi connectivity index (χ3n) is 3.16. The molecule has 0 radical (unpaired) electrons. The van der Waals surface area contributed by atoms with Gasteiger partial charge in [-0.05, 0) is 33.6 Å². The van der Waals surface area contributed by atoms with Crippen LogP contribution in [-0.4, -0.2) is 36.0 Å². The van der Waals surface area contributed by atoms with Crippen LogP contribution in [0.5, 0.6) is 0 Å². The minimum Gasteiger partial charge on any atom is -0.342 e. The summed E-state index contributed by atoms with van der Waals surface area (Å²) in [5.41, 5.74) is 2.88. The summed E-state index contributed by atoms with van der Waals surface area (Å²) in [6, 6.07) is -0.250. The fourth-order valence-electron chi connectivity index (χ4n) is 2.06. The van der Waals surface area contributed by atoms with Gasteiger partial charge in [0.25, 0.3) is 0 Å². The largest absolute Gasteiger partial charge is 0.342 e. The lowest BCUT2D eigenvalue weighted by atomic mass is 10.3. The molecule has 0 bridgehead atoms. The van der Waals surface area contributed by atoms with Gasteiger partial charge in [0.05, 0.1) is 6.10 Å². The zero-order valence-corrected chi connectivity index (χ0v) is 10.7. The summed E-state index contributed by atoms with van der Waals surface area (Å²) in [6.07, 6.45) is 5.00. The molecule has 0 spiro atoms. The lowest BCUT2D eigenvalue weighted by Crippen LogP contribution is -2.45. The summed E-state index contributed by atoms with van der Waals surface area (Å²) in [6.45, 7) is 7.35. The topological polar surface area (TPSA) is 41.6 Å². The molecular weight excluding hydrogens is 204 g/mol. The quantitative estimate of drug-likeness (QED) is 0.704. The Morgan fingerprint density at radius 3 is 2.44 bits per heavy atom. The van der Waals surface area contributed by atoms with Gasteiger partial charge in [-0.1, -0.05) is 12.8 Å². The number of carbonyl (C=O) groups is 1. The molecule has 1 aliphatic rings. The van der Waals surface area contributed by atoms with Gasteiger partial charge in [0, 0.05) is 13.1 Å². The van der Waals surface area contributed by atoms with Crippen LogP contribution in [0.3, 0.4) is 0 Å². The van der Waals surface area contributed by atoms with E-state index in [0.717, 1.165) is 25.9 Å². The molecule has 1 aliphatic carbocycles. The summed E-state index contributed by atoms with van der Waals surface area (Å²) in [7, 11) is 0. The molecule has 0 saturated heterocycles. The second-order valence-corrected chi connectivity index (χ2v) is 4.37. The maximum atomic E-state index is 11.9. The number of nitrogens with one attached hydrogen (secondary N) is 1. The van der Waals surface area contributed by atoms with Crippen LogP contribution >= 0.6 is 0 Å². The van der Waals surface area contributed by atoms with Gasteiger partial charge in [0.2, 0.25) is 5.91 Å². The molecule has 1 saturated carbocycles. The number of hydrogen-bond acceptors (Lipinski definition) is 3. The molecule has 1 fully saturated rings. The Kier molecular flexibility index (Phi) is 5.77. The molecule has 16 heavy (non-hydrogen) atoms. The van der Waals surface area contributed by atoms with Crippen LogP contribution in [0.25, 0.3) is 0 Å². The Hall–Kier alpha value is -0.610. The Morgan fingerprint density at radius 2 is 1.94 bits per heavy atom. The standard InChI is InChI=1S/C12H24N2O2/c1-4-14(5-2)12(15)10(3)13-16-11-8-6-7-9-11/h10-11,13H,4-9H2,1-3H3. The minimum absolute atomic E-state index is 0.114. The van der Waals surface area contributed by atoms with E-state index in [0.29, 0.717) is 6.10 Å². The number of rotatable bonds is 6. The zero-order chi connectivity index (χ0) is 12.0. The number of carbonyl (C=O) groups excluding carboxylic acids is 1. The molecule has 1 rings (SSSR count). The van der Waals surface area contributed by atoms with Gasteiger partial charge in [-0.25, -0.2) is 0 Å². The lowest BCUT2D eigenvalue weighted by molar-refractivity contribution is -0.138. The van der Waals surface area contributed by atoms with Crippen LogP contribution < -0.4 is 5.48 Å². The van der Waals surface area contributed by atoms with Crippen molar-refractivity contribution >= 4 is 5.91 Å². The highest BCUT2D eigenvalue weighted by Gasteiger charge is 2.21. The zero-order valence-electron chi connectivity index (χ0n) is 10.7. The summed E-state index contributed by atoms with van der Waals surface area (Å²) >= 11 is 0.